The molecule has 1 heterocycles. The Hall–Kier alpha value is -3.11. The van der Waals surface area contributed by atoms with Crippen LogP contribution in [0, 0.1) is 0 Å². The SMILES string of the molecule is COc1ccc(Nc2nnc(SCC(=O)NC(=O)c3ccccc3OC)s2)cc1. The van der Waals surface area contributed by atoms with E-state index in [4.69, 9.17) is 9.47 Å². The predicted octanol–water partition coefficient (Wildman–Crippen LogP) is 3.35. The van der Waals surface area contributed by atoms with E-state index in [2.05, 4.69) is 20.8 Å². The van der Waals surface area contributed by atoms with Crippen molar-refractivity contribution in [2.24, 2.45) is 0 Å². The van der Waals surface area contributed by atoms with E-state index in [0.29, 0.717) is 20.8 Å². The molecule has 2 aromatic carbocycles. The zero-order valence-corrected chi connectivity index (χ0v) is 17.3. The summed E-state index contributed by atoms with van der Waals surface area (Å²) >= 11 is 2.52. The lowest BCUT2D eigenvalue weighted by Crippen LogP contribution is -2.32. The number of amides is 2. The Morgan fingerprint density at radius 3 is 2.52 bits per heavy atom. The number of aromatic nitrogens is 2. The molecular formula is C19H18N4O4S2. The van der Waals surface area contributed by atoms with Gasteiger partial charge in [-0.1, -0.05) is 35.2 Å². The van der Waals surface area contributed by atoms with E-state index in [0.717, 1.165) is 11.4 Å². The zero-order valence-electron chi connectivity index (χ0n) is 15.7. The van der Waals surface area contributed by atoms with Gasteiger partial charge in [0.05, 0.1) is 25.5 Å². The summed E-state index contributed by atoms with van der Waals surface area (Å²) in [7, 11) is 3.08. The third kappa shape index (κ3) is 5.69. The van der Waals surface area contributed by atoms with Crippen molar-refractivity contribution in [3.8, 4) is 11.5 Å². The van der Waals surface area contributed by atoms with E-state index < -0.39 is 11.8 Å². The van der Waals surface area contributed by atoms with E-state index in [1.54, 1.807) is 31.4 Å². The van der Waals surface area contributed by atoms with Crippen LogP contribution in [0.2, 0.25) is 0 Å². The molecule has 2 N–H and O–H groups in total. The van der Waals surface area contributed by atoms with Crippen LogP contribution in [0.1, 0.15) is 10.4 Å². The average Bonchev–Trinajstić information content (AvgIpc) is 3.20. The number of rotatable bonds is 8. The van der Waals surface area contributed by atoms with E-state index in [-0.39, 0.29) is 5.75 Å². The Morgan fingerprint density at radius 1 is 1.03 bits per heavy atom. The number of ether oxygens (including phenoxy) is 2. The Morgan fingerprint density at radius 2 is 1.79 bits per heavy atom. The predicted molar refractivity (Wildman–Crippen MR) is 112 cm³/mol. The van der Waals surface area contributed by atoms with Gasteiger partial charge in [-0.05, 0) is 36.4 Å². The first-order valence-electron chi connectivity index (χ1n) is 8.43. The topological polar surface area (TPSA) is 102 Å². The molecule has 3 aromatic rings. The first kappa shape index (κ1) is 20.6. The highest BCUT2D eigenvalue weighted by Crippen LogP contribution is 2.28. The van der Waals surface area contributed by atoms with Crippen LogP contribution in [0.5, 0.6) is 11.5 Å². The zero-order chi connectivity index (χ0) is 20.6. The van der Waals surface area contributed by atoms with Crippen LogP contribution >= 0.6 is 23.1 Å². The van der Waals surface area contributed by atoms with Gasteiger partial charge in [-0.2, -0.15) is 0 Å². The van der Waals surface area contributed by atoms with Crippen LogP contribution in [0.4, 0.5) is 10.8 Å². The monoisotopic (exact) mass is 430 g/mol. The van der Waals surface area contributed by atoms with Gasteiger partial charge in [0, 0.05) is 5.69 Å². The van der Waals surface area contributed by atoms with Gasteiger partial charge in [0.25, 0.3) is 5.91 Å². The molecule has 0 unspecified atom stereocenters. The molecule has 0 spiro atoms. The first-order chi connectivity index (χ1) is 14.1. The number of nitrogens with zero attached hydrogens (tertiary/aromatic N) is 2. The maximum atomic E-state index is 12.2. The maximum Gasteiger partial charge on any atom is 0.261 e. The molecule has 1 aromatic heterocycles. The van der Waals surface area contributed by atoms with Gasteiger partial charge >= 0.3 is 0 Å². The highest BCUT2D eigenvalue weighted by Gasteiger charge is 2.15. The Balaban J connectivity index is 1.51. The van der Waals surface area contributed by atoms with Gasteiger partial charge in [-0.25, -0.2) is 0 Å². The lowest BCUT2D eigenvalue weighted by atomic mass is 10.2. The van der Waals surface area contributed by atoms with Crippen LogP contribution in [0.25, 0.3) is 0 Å². The number of anilines is 2. The number of carbonyl (C=O) groups is 2. The molecule has 0 saturated carbocycles. The number of carbonyl (C=O) groups excluding carboxylic acids is 2. The van der Waals surface area contributed by atoms with E-state index in [1.807, 2.05) is 24.3 Å². The number of nitrogens with one attached hydrogen (secondary N) is 2. The number of imide groups is 1. The molecule has 0 saturated heterocycles. The summed E-state index contributed by atoms with van der Waals surface area (Å²) in [5, 5.41) is 14.2. The minimum atomic E-state index is -0.507. The second-order valence-electron chi connectivity index (χ2n) is 5.59. The first-order valence-corrected chi connectivity index (χ1v) is 10.2. The fraction of sp³-hybridized carbons (Fsp3) is 0.158. The van der Waals surface area contributed by atoms with E-state index >= 15 is 0 Å². The summed E-state index contributed by atoms with van der Waals surface area (Å²) in [6.45, 7) is 0. The Labute approximate surface area is 175 Å². The van der Waals surface area contributed by atoms with Crippen LogP contribution < -0.4 is 20.1 Å². The average molecular weight is 431 g/mol. The summed E-state index contributed by atoms with van der Waals surface area (Å²) in [5.74, 6) is 0.275. The minimum absolute atomic E-state index is 0.0397. The molecule has 0 atom stereocenters. The van der Waals surface area contributed by atoms with Crippen molar-refractivity contribution in [3.05, 3.63) is 54.1 Å². The van der Waals surface area contributed by atoms with Crippen molar-refractivity contribution in [2.45, 2.75) is 4.34 Å². The third-order valence-electron chi connectivity index (χ3n) is 3.68. The van der Waals surface area contributed by atoms with Crippen LogP contribution in [-0.2, 0) is 4.79 Å². The van der Waals surface area contributed by atoms with Gasteiger partial charge in [-0.3, -0.25) is 14.9 Å². The highest BCUT2D eigenvalue weighted by atomic mass is 32.2. The van der Waals surface area contributed by atoms with Gasteiger partial charge < -0.3 is 14.8 Å². The lowest BCUT2D eigenvalue weighted by Gasteiger charge is -2.07. The van der Waals surface area contributed by atoms with E-state index in [9.17, 15) is 9.59 Å². The van der Waals surface area contributed by atoms with Crippen LogP contribution in [-0.4, -0.2) is 42.0 Å². The summed E-state index contributed by atoms with van der Waals surface area (Å²) in [6.07, 6.45) is 0. The molecule has 0 bridgehead atoms. The number of benzene rings is 2. The maximum absolute atomic E-state index is 12.2. The fourth-order valence-corrected chi connectivity index (χ4v) is 3.88. The summed E-state index contributed by atoms with van der Waals surface area (Å²) in [6, 6.07) is 14.1. The number of thioether (sulfide) groups is 1. The fourth-order valence-electron chi connectivity index (χ4n) is 2.31. The molecule has 0 aliphatic heterocycles. The molecule has 0 aliphatic carbocycles. The molecule has 2 amide bonds. The van der Waals surface area contributed by atoms with Gasteiger partial charge in [-0.15, -0.1) is 10.2 Å². The van der Waals surface area contributed by atoms with Gasteiger partial charge in [0.2, 0.25) is 11.0 Å². The number of para-hydroxylation sites is 1. The van der Waals surface area contributed by atoms with Crippen molar-refractivity contribution >= 4 is 45.7 Å². The highest BCUT2D eigenvalue weighted by molar-refractivity contribution is 8.01. The normalized spacial score (nSPS) is 10.3. The molecule has 0 aliphatic rings. The number of hydrogen-bond donors (Lipinski definition) is 2. The molecule has 29 heavy (non-hydrogen) atoms. The van der Waals surface area contributed by atoms with E-state index in [1.165, 1.54) is 30.2 Å². The molecule has 10 heteroatoms. The summed E-state index contributed by atoms with van der Waals surface area (Å²) in [4.78, 5) is 24.3. The Kier molecular flexibility index (Phi) is 7.04. The van der Waals surface area contributed by atoms with Gasteiger partial charge in [0.15, 0.2) is 4.34 Å². The van der Waals surface area contributed by atoms with Crippen molar-refractivity contribution in [1.82, 2.24) is 15.5 Å². The second kappa shape index (κ2) is 9.89. The van der Waals surface area contributed by atoms with Crippen molar-refractivity contribution in [1.29, 1.82) is 0 Å². The van der Waals surface area contributed by atoms with Crippen LogP contribution in [0.15, 0.2) is 52.9 Å². The van der Waals surface area contributed by atoms with Crippen molar-refractivity contribution < 1.29 is 19.1 Å². The molecule has 8 nitrogen and oxygen atoms in total. The largest absolute Gasteiger partial charge is 0.497 e. The summed E-state index contributed by atoms with van der Waals surface area (Å²) in [5.41, 5.74) is 1.15. The molecule has 0 fully saturated rings. The number of methoxy groups -OCH3 is 2. The van der Waals surface area contributed by atoms with Crippen molar-refractivity contribution in [3.63, 3.8) is 0 Å². The van der Waals surface area contributed by atoms with Crippen molar-refractivity contribution in [2.75, 3.05) is 25.3 Å². The van der Waals surface area contributed by atoms with Crippen LogP contribution in [0.3, 0.4) is 0 Å². The lowest BCUT2D eigenvalue weighted by molar-refractivity contribution is -0.117. The Bertz CT molecular complexity index is 992. The summed E-state index contributed by atoms with van der Waals surface area (Å²) < 4.78 is 10.9. The van der Waals surface area contributed by atoms with Gasteiger partial charge in [0.1, 0.15) is 11.5 Å². The minimum Gasteiger partial charge on any atom is -0.497 e. The molecule has 3 rings (SSSR count). The smallest absolute Gasteiger partial charge is 0.261 e. The molecular weight excluding hydrogens is 412 g/mol. The second-order valence-corrected chi connectivity index (χ2v) is 7.79. The standard InChI is InChI=1S/C19H18N4O4S2/c1-26-13-9-7-12(8-10-13)20-18-22-23-19(29-18)28-11-16(24)21-17(25)14-5-3-4-6-15(14)27-2/h3-10H,11H2,1-2H3,(H,20,22)(H,21,24,25). The molecule has 150 valence electrons. The number of hydrogen-bond acceptors (Lipinski definition) is 9. The third-order valence-corrected chi connectivity index (χ3v) is 5.65. The quantitative estimate of drug-likeness (QED) is 0.525. The molecule has 0 radical (unpaired) electrons.